The molecule has 21 heavy (non-hydrogen) atoms. The van der Waals surface area contributed by atoms with Gasteiger partial charge < -0.3 is 5.32 Å². The number of thiazole rings is 1. The third-order valence-corrected chi connectivity index (χ3v) is 4.10. The van der Waals surface area contributed by atoms with Gasteiger partial charge in [-0.1, -0.05) is 36.4 Å². The molecule has 1 heterocycles. The van der Waals surface area contributed by atoms with E-state index in [1.54, 1.807) is 17.4 Å². The molecule has 0 aliphatic rings. The van der Waals surface area contributed by atoms with Crippen LogP contribution in [0.3, 0.4) is 0 Å². The molecule has 0 unspecified atom stereocenters. The molecule has 0 bridgehead atoms. The number of hydrogen-bond donors (Lipinski definition) is 1. The van der Waals surface area contributed by atoms with Crippen molar-refractivity contribution in [3.05, 3.63) is 70.3 Å². The second kappa shape index (κ2) is 6.06. The highest BCUT2D eigenvalue weighted by Gasteiger charge is 2.05. The van der Waals surface area contributed by atoms with Crippen LogP contribution >= 0.6 is 11.3 Å². The molecule has 0 spiro atoms. The van der Waals surface area contributed by atoms with Crippen molar-refractivity contribution in [2.24, 2.45) is 0 Å². The van der Waals surface area contributed by atoms with Crippen molar-refractivity contribution in [2.45, 2.75) is 13.5 Å². The minimum Gasteiger partial charge on any atom is -0.378 e. The molecule has 0 amide bonds. The molecule has 0 aliphatic heterocycles. The second-order valence-electron chi connectivity index (χ2n) is 4.81. The van der Waals surface area contributed by atoms with Crippen LogP contribution in [-0.4, -0.2) is 4.98 Å². The first-order valence-corrected chi connectivity index (χ1v) is 7.60. The molecule has 3 aromatic rings. The average Bonchev–Trinajstić information content (AvgIpc) is 2.98. The summed E-state index contributed by atoms with van der Waals surface area (Å²) in [5.74, 6) is -0.229. The van der Waals surface area contributed by atoms with E-state index in [0.717, 1.165) is 27.5 Å². The summed E-state index contributed by atoms with van der Waals surface area (Å²) in [6.45, 7) is 2.56. The van der Waals surface area contributed by atoms with Crippen LogP contribution < -0.4 is 5.32 Å². The van der Waals surface area contributed by atoms with Gasteiger partial charge in [0, 0.05) is 16.6 Å². The molecular formula is C17H15FN2S. The minimum absolute atomic E-state index is 0.229. The molecule has 2 aromatic carbocycles. The summed E-state index contributed by atoms with van der Waals surface area (Å²) in [5.41, 5.74) is 3.93. The average molecular weight is 298 g/mol. The maximum absolute atomic E-state index is 13.2. The first-order valence-electron chi connectivity index (χ1n) is 6.72. The van der Waals surface area contributed by atoms with E-state index in [1.807, 2.05) is 42.6 Å². The van der Waals surface area contributed by atoms with Crippen LogP contribution in [0.2, 0.25) is 0 Å². The van der Waals surface area contributed by atoms with E-state index < -0.39 is 0 Å². The first-order chi connectivity index (χ1) is 10.2. The number of aryl methyl sites for hydroxylation is 1. The van der Waals surface area contributed by atoms with E-state index in [-0.39, 0.29) is 5.82 Å². The number of nitrogens with zero attached hydrogens (tertiary/aromatic N) is 1. The molecule has 1 aromatic heterocycles. The number of aromatic nitrogens is 1. The van der Waals surface area contributed by atoms with Gasteiger partial charge in [-0.05, 0) is 24.6 Å². The van der Waals surface area contributed by atoms with Crippen molar-refractivity contribution >= 4 is 17.0 Å². The van der Waals surface area contributed by atoms with Crippen molar-refractivity contribution in [2.75, 3.05) is 5.32 Å². The molecule has 0 fully saturated rings. The van der Waals surface area contributed by atoms with E-state index in [9.17, 15) is 4.39 Å². The van der Waals surface area contributed by atoms with Gasteiger partial charge in [0.15, 0.2) is 0 Å². The minimum atomic E-state index is -0.229. The zero-order valence-electron chi connectivity index (χ0n) is 11.6. The van der Waals surface area contributed by atoms with Crippen LogP contribution in [-0.2, 0) is 6.54 Å². The predicted molar refractivity (Wildman–Crippen MR) is 86.0 cm³/mol. The first kappa shape index (κ1) is 13.8. The van der Waals surface area contributed by atoms with Gasteiger partial charge in [0.25, 0.3) is 0 Å². The molecule has 3 rings (SSSR count). The standard InChI is InChI=1S/C17H15FN2S/c1-12-7-8-14(18)9-15(12)19-10-17-20-16(11-21-17)13-5-3-2-4-6-13/h2-9,11,19H,10H2,1H3. The summed E-state index contributed by atoms with van der Waals surface area (Å²) in [6, 6.07) is 14.8. The van der Waals surface area contributed by atoms with Crippen LogP contribution in [0.25, 0.3) is 11.3 Å². The Morgan fingerprint density at radius 1 is 1.14 bits per heavy atom. The summed E-state index contributed by atoms with van der Waals surface area (Å²) >= 11 is 1.61. The third-order valence-electron chi connectivity index (χ3n) is 3.25. The van der Waals surface area contributed by atoms with Gasteiger partial charge in [0.05, 0.1) is 12.2 Å². The van der Waals surface area contributed by atoms with Crippen molar-refractivity contribution in [1.82, 2.24) is 4.98 Å². The fourth-order valence-electron chi connectivity index (χ4n) is 2.09. The zero-order valence-corrected chi connectivity index (χ0v) is 12.5. The van der Waals surface area contributed by atoms with Gasteiger partial charge in [-0.3, -0.25) is 0 Å². The maximum atomic E-state index is 13.2. The van der Waals surface area contributed by atoms with Gasteiger partial charge in [-0.2, -0.15) is 0 Å². The topological polar surface area (TPSA) is 24.9 Å². The van der Waals surface area contributed by atoms with Gasteiger partial charge in [0.2, 0.25) is 0 Å². The highest BCUT2D eigenvalue weighted by atomic mass is 32.1. The number of anilines is 1. The molecule has 4 heteroatoms. The lowest BCUT2D eigenvalue weighted by Crippen LogP contribution is -2.01. The Morgan fingerprint density at radius 3 is 2.76 bits per heavy atom. The molecule has 1 N–H and O–H groups in total. The third kappa shape index (κ3) is 3.28. The Labute approximate surface area is 127 Å². The van der Waals surface area contributed by atoms with Crippen molar-refractivity contribution < 1.29 is 4.39 Å². The van der Waals surface area contributed by atoms with Crippen LogP contribution in [0, 0.1) is 12.7 Å². The van der Waals surface area contributed by atoms with E-state index in [4.69, 9.17) is 0 Å². The number of hydrogen-bond acceptors (Lipinski definition) is 3. The highest BCUT2D eigenvalue weighted by Crippen LogP contribution is 2.23. The Bertz CT molecular complexity index is 738. The molecular weight excluding hydrogens is 283 g/mol. The van der Waals surface area contributed by atoms with E-state index in [0.29, 0.717) is 6.54 Å². The van der Waals surface area contributed by atoms with Gasteiger partial charge in [-0.25, -0.2) is 9.37 Å². The predicted octanol–water partition coefficient (Wildman–Crippen LogP) is 4.87. The molecule has 2 nitrogen and oxygen atoms in total. The number of benzene rings is 2. The largest absolute Gasteiger partial charge is 0.378 e. The Hall–Kier alpha value is -2.20. The summed E-state index contributed by atoms with van der Waals surface area (Å²) in [6.07, 6.45) is 0. The maximum Gasteiger partial charge on any atom is 0.125 e. The van der Waals surface area contributed by atoms with Crippen LogP contribution in [0.1, 0.15) is 10.6 Å². The van der Waals surface area contributed by atoms with Gasteiger partial charge in [0.1, 0.15) is 10.8 Å². The lowest BCUT2D eigenvalue weighted by atomic mass is 10.2. The molecule has 0 saturated heterocycles. The molecule has 0 aliphatic carbocycles. The highest BCUT2D eigenvalue weighted by molar-refractivity contribution is 7.09. The summed E-state index contributed by atoms with van der Waals surface area (Å²) in [7, 11) is 0. The number of halogens is 1. The van der Waals surface area contributed by atoms with E-state index in [1.165, 1.54) is 12.1 Å². The second-order valence-corrected chi connectivity index (χ2v) is 5.75. The fraction of sp³-hybridized carbons (Fsp3) is 0.118. The van der Waals surface area contributed by atoms with Crippen molar-refractivity contribution in [3.8, 4) is 11.3 Å². The van der Waals surface area contributed by atoms with Crippen LogP contribution in [0.5, 0.6) is 0 Å². The van der Waals surface area contributed by atoms with Crippen LogP contribution in [0.15, 0.2) is 53.9 Å². The summed E-state index contributed by atoms with van der Waals surface area (Å²) in [4.78, 5) is 4.61. The lowest BCUT2D eigenvalue weighted by Gasteiger charge is -2.07. The molecule has 0 radical (unpaired) electrons. The smallest absolute Gasteiger partial charge is 0.125 e. The number of nitrogens with one attached hydrogen (secondary N) is 1. The van der Waals surface area contributed by atoms with Gasteiger partial charge >= 0.3 is 0 Å². The normalized spacial score (nSPS) is 10.6. The van der Waals surface area contributed by atoms with Gasteiger partial charge in [-0.15, -0.1) is 11.3 Å². The molecule has 106 valence electrons. The summed E-state index contributed by atoms with van der Waals surface area (Å²) < 4.78 is 13.2. The fourth-order valence-corrected chi connectivity index (χ4v) is 2.83. The monoisotopic (exact) mass is 298 g/mol. The Kier molecular flexibility index (Phi) is 3.97. The Balaban J connectivity index is 1.72. The van der Waals surface area contributed by atoms with Crippen molar-refractivity contribution in [3.63, 3.8) is 0 Å². The quantitative estimate of drug-likeness (QED) is 0.743. The molecule has 0 atom stereocenters. The van der Waals surface area contributed by atoms with E-state index in [2.05, 4.69) is 10.3 Å². The lowest BCUT2D eigenvalue weighted by molar-refractivity contribution is 0.628. The van der Waals surface area contributed by atoms with Crippen LogP contribution in [0.4, 0.5) is 10.1 Å². The van der Waals surface area contributed by atoms with E-state index >= 15 is 0 Å². The Morgan fingerprint density at radius 2 is 1.95 bits per heavy atom. The zero-order chi connectivity index (χ0) is 14.7. The molecule has 0 saturated carbocycles. The van der Waals surface area contributed by atoms with Crippen molar-refractivity contribution in [1.29, 1.82) is 0 Å². The summed E-state index contributed by atoms with van der Waals surface area (Å²) in [5, 5.41) is 6.27. The number of rotatable bonds is 4. The SMILES string of the molecule is Cc1ccc(F)cc1NCc1nc(-c2ccccc2)cs1.